The monoisotopic (exact) mass is 500 g/mol. The van der Waals surface area contributed by atoms with Crippen molar-refractivity contribution in [2.45, 2.75) is 38.8 Å². The number of carbonyl (C=O) groups excluding carboxylic acids is 1. The van der Waals surface area contributed by atoms with E-state index in [0.29, 0.717) is 43.2 Å². The fourth-order valence-electron chi connectivity index (χ4n) is 3.51. The van der Waals surface area contributed by atoms with Crippen molar-refractivity contribution in [3.8, 4) is 11.1 Å². The average Bonchev–Trinajstić information content (AvgIpc) is 3.12. The van der Waals surface area contributed by atoms with Crippen LogP contribution in [0.25, 0.3) is 11.1 Å². The van der Waals surface area contributed by atoms with E-state index in [1.165, 1.54) is 0 Å². The lowest BCUT2D eigenvalue weighted by molar-refractivity contribution is -0.121. The fraction of sp³-hybridized carbons (Fsp3) is 0.360. The van der Waals surface area contributed by atoms with Gasteiger partial charge in [-0.15, -0.1) is 0 Å². The smallest absolute Gasteiger partial charge is 0.263 e. The molecule has 0 aliphatic rings. The molecule has 0 saturated carbocycles. The summed E-state index contributed by atoms with van der Waals surface area (Å²) in [5, 5.41) is 6.73. The summed E-state index contributed by atoms with van der Waals surface area (Å²) in [6.45, 7) is 6.83. The van der Waals surface area contributed by atoms with Gasteiger partial charge in [-0.25, -0.2) is 8.42 Å². The first-order chi connectivity index (χ1) is 16.6. The van der Waals surface area contributed by atoms with Gasteiger partial charge in [0.25, 0.3) is 10.0 Å². The lowest BCUT2D eigenvalue weighted by Crippen LogP contribution is -2.32. The maximum absolute atomic E-state index is 13.3. The number of ether oxygens (including phenoxy) is 1. The molecule has 0 bridgehead atoms. The first-order valence-electron chi connectivity index (χ1n) is 11.3. The molecule has 0 radical (unpaired) electrons. The topological polar surface area (TPSA) is 114 Å². The summed E-state index contributed by atoms with van der Waals surface area (Å²) in [6, 6.07) is 12.5. The number of amides is 1. The number of nitrogens with one attached hydrogen (secondary N) is 2. The first-order valence-corrected chi connectivity index (χ1v) is 12.8. The molecule has 188 valence electrons. The molecular formula is C25H32N4O5S. The quantitative estimate of drug-likeness (QED) is 0.414. The summed E-state index contributed by atoms with van der Waals surface area (Å²) in [6.07, 6.45) is 0. The van der Waals surface area contributed by atoms with Gasteiger partial charge in [0.2, 0.25) is 5.91 Å². The van der Waals surface area contributed by atoms with Gasteiger partial charge in [0.05, 0.1) is 18.0 Å². The first kappa shape index (κ1) is 26.4. The molecule has 1 aromatic heterocycles. The third-order valence-corrected chi connectivity index (χ3v) is 6.83. The SMILES string of the molecule is CCOCc1cc(CNC(=O)CN(C)C)ccc1-c1ccccc1S(=O)(=O)Nc1noc(C)c1C. The fourth-order valence-corrected chi connectivity index (χ4v) is 4.79. The highest BCUT2D eigenvalue weighted by molar-refractivity contribution is 7.92. The van der Waals surface area contributed by atoms with Crippen LogP contribution in [0.4, 0.5) is 5.82 Å². The molecule has 3 aromatic rings. The Morgan fingerprint density at radius 2 is 1.86 bits per heavy atom. The molecule has 0 atom stereocenters. The maximum Gasteiger partial charge on any atom is 0.263 e. The molecule has 0 aliphatic heterocycles. The number of hydrogen-bond donors (Lipinski definition) is 2. The third-order valence-electron chi connectivity index (χ3n) is 5.44. The number of likely N-dealkylation sites (N-methyl/N-ethyl adjacent to an activating group) is 1. The lowest BCUT2D eigenvalue weighted by Gasteiger charge is -2.16. The molecule has 2 N–H and O–H groups in total. The van der Waals surface area contributed by atoms with E-state index in [4.69, 9.17) is 9.26 Å². The van der Waals surface area contributed by atoms with E-state index in [2.05, 4.69) is 15.2 Å². The number of anilines is 1. The minimum Gasteiger partial charge on any atom is -0.377 e. The minimum absolute atomic E-state index is 0.0775. The van der Waals surface area contributed by atoms with E-state index in [9.17, 15) is 13.2 Å². The Bertz CT molecular complexity index is 1280. The summed E-state index contributed by atoms with van der Waals surface area (Å²) in [7, 11) is -0.290. The van der Waals surface area contributed by atoms with Crippen molar-refractivity contribution in [2.24, 2.45) is 0 Å². The van der Waals surface area contributed by atoms with Crippen LogP contribution in [-0.2, 0) is 32.7 Å². The van der Waals surface area contributed by atoms with Gasteiger partial charge < -0.3 is 19.5 Å². The summed E-state index contributed by atoms with van der Waals surface area (Å²) in [5.41, 5.74) is 3.61. The van der Waals surface area contributed by atoms with E-state index in [0.717, 1.165) is 16.7 Å². The summed E-state index contributed by atoms with van der Waals surface area (Å²) < 4.78 is 40.0. The van der Waals surface area contributed by atoms with Crippen LogP contribution < -0.4 is 10.0 Å². The Morgan fingerprint density at radius 1 is 1.11 bits per heavy atom. The predicted molar refractivity (Wildman–Crippen MR) is 134 cm³/mol. The number of nitrogens with zero attached hydrogens (tertiary/aromatic N) is 2. The van der Waals surface area contributed by atoms with Crippen LogP contribution in [0.3, 0.4) is 0 Å². The van der Waals surface area contributed by atoms with Crippen molar-refractivity contribution in [3.05, 3.63) is 64.9 Å². The second-order valence-electron chi connectivity index (χ2n) is 8.46. The van der Waals surface area contributed by atoms with Crippen molar-refractivity contribution < 1.29 is 22.5 Å². The van der Waals surface area contributed by atoms with E-state index >= 15 is 0 Å². The van der Waals surface area contributed by atoms with E-state index < -0.39 is 10.0 Å². The van der Waals surface area contributed by atoms with Crippen molar-refractivity contribution in [1.29, 1.82) is 0 Å². The van der Waals surface area contributed by atoms with Crippen molar-refractivity contribution in [3.63, 3.8) is 0 Å². The Balaban J connectivity index is 1.96. The van der Waals surface area contributed by atoms with Gasteiger partial charge >= 0.3 is 0 Å². The van der Waals surface area contributed by atoms with Crippen LogP contribution in [0.2, 0.25) is 0 Å². The Labute approximate surface area is 206 Å². The molecule has 10 heteroatoms. The van der Waals surface area contributed by atoms with E-state index in [-0.39, 0.29) is 16.6 Å². The molecule has 1 heterocycles. The van der Waals surface area contributed by atoms with Crippen LogP contribution in [0, 0.1) is 13.8 Å². The van der Waals surface area contributed by atoms with Gasteiger partial charge in [-0.05, 0) is 57.6 Å². The zero-order chi connectivity index (χ0) is 25.6. The van der Waals surface area contributed by atoms with Gasteiger partial charge in [-0.1, -0.05) is 41.6 Å². The number of benzene rings is 2. The predicted octanol–water partition coefficient (Wildman–Crippen LogP) is 3.47. The van der Waals surface area contributed by atoms with Crippen molar-refractivity contribution in [2.75, 3.05) is 32.0 Å². The molecule has 3 rings (SSSR count). The molecule has 35 heavy (non-hydrogen) atoms. The lowest BCUT2D eigenvalue weighted by atomic mass is 9.97. The number of aryl methyl sites for hydroxylation is 1. The highest BCUT2D eigenvalue weighted by atomic mass is 32.2. The second kappa shape index (κ2) is 11.5. The molecule has 0 saturated heterocycles. The molecule has 2 aromatic carbocycles. The number of rotatable bonds is 11. The zero-order valence-corrected chi connectivity index (χ0v) is 21.5. The standard InChI is InChI=1S/C25H32N4O5S/c1-6-33-16-20-13-19(14-26-24(30)15-29(4)5)11-12-21(20)22-9-7-8-10-23(22)35(31,32)28-25-17(2)18(3)34-27-25/h7-13H,6,14-16H2,1-5H3,(H,26,30)(H,27,28). The summed E-state index contributed by atoms with van der Waals surface area (Å²) in [5.74, 6) is 0.630. The van der Waals surface area contributed by atoms with Gasteiger partial charge in [0.1, 0.15) is 5.76 Å². The van der Waals surface area contributed by atoms with Crippen molar-refractivity contribution in [1.82, 2.24) is 15.4 Å². The van der Waals surface area contributed by atoms with Crippen LogP contribution in [0.1, 0.15) is 29.4 Å². The van der Waals surface area contributed by atoms with Gasteiger partial charge in [-0.2, -0.15) is 0 Å². The van der Waals surface area contributed by atoms with Gasteiger partial charge in [-0.3, -0.25) is 9.52 Å². The number of aromatic nitrogens is 1. The molecule has 0 unspecified atom stereocenters. The summed E-state index contributed by atoms with van der Waals surface area (Å²) in [4.78, 5) is 14.0. The Hall–Kier alpha value is -3.21. The van der Waals surface area contributed by atoms with Crippen LogP contribution in [0.5, 0.6) is 0 Å². The van der Waals surface area contributed by atoms with Crippen LogP contribution in [-0.4, -0.2) is 51.6 Å². The highest BCUT2D eigenvalue weighted by Crippen LogP contribution is 2.32. The van der Waals surface area contributed by atoms with E-state index in [1.807, 2.05) is 39.2 Å². The maximum atomic E-state index is 13.3. The third kappa shape index (κ3) is 6.68. The normalized spacial score (nSPS) is 11.6. The zero-order valence-electron chi connectivity index (χ0n) is 20.7. The van der Waals surface area contributed by atoms with E-state index in [1.54, 1.807) is 43.0 Å². The molecular weight excluding hydrogens is 468 g/mol. The molecule has 0 fully saturated rings. The Morgan fingerprint density at radius 3 is 2.51 bits per heavy atom. The number of hydrogen-bond acceptors (Lipinski definition) is 7. The molecule has 9 nitrogen and oxygen atoms in total. The Kier molecular flexibility index (Phi) is 8.66. The van der Waals surface area contributed by atoms with Crippen LogP contribution >= 0.6 is 0 Å². The van der Waals surface area contributed by atoms with Crippen LogP contribution in [0.15, 0.2) is 51.9 Å². The minimum atomic E-state index is -3.96. The molecule has 0 spiro atoms. The number of carbonyl (C=O) groups is 1. The van der Waals surface area contributed by atoms with Gasteiger partial charge in [0.15, 0.2) is 5.82 Å². The highest BCUT2D eigenvalue weighted by Gasteiger charge is 2.23. The van der Waals surface area contributed by atoms with Crippen molar-refractivity contribution >= 4 is 21.7 Å². The van der Waals surface area contributed by atoms with Gasteiger partial charge in [0, 0.05) is 24.3 Å². The summed E-state index contributed by atoms with van der Waals surface area (Å²) >= 11 is 0. The number of sulfonamides is 1. The second-order valence-corrected chi connectivity index (χ2v) is 10.1. The largest absolute Gasteiger partial charge is 0.377 e. The molecule has 0 aliphatic carbocycles. The average molecular weight is 501 g/mol. The molecule has 1 amide bonds.